The van der Waals surface area contributed by atoms with Gasteiger partial charge in [-0.3, -0.25) is 14.3 Å². The second-order valence-corrected chi connectivity index (χ2v) is 5.53. The van der Waals surface area contributed by atoms with Crippen molar-refractivity contribution in [1.82, 2.24) is 14.7 Å². The predicted molar refractivity (Wildman–Crippen MR) is 86.4 cm³/mol. The molecule has 0 N–H and O–H groups in total. The summed E-state index contributed by atoms with van der Waals surface area (Å²) in [5, 5.41) is 4.09. The van der Waals surface area contributed by atoms with E-state index in [2.05, 4.69) is 5.10 Å². The maximum absolute atomic E-state index is 12.4. The lowest BCUT2D eigenvalue weighted by Gasteiger charge is -2.17. The van der Waals surface area contributed by atoms with Gasteiger partial charge in [-0.25, -0.2) is 0 Å². The zero-order valence-corrected chi connectivity index (χ0v) is 13.9. The molecule has 6 nitrogen and oxygen atoms in total. The molecule has 0 saturated heterocycles. The van der Waals surface area contributed by atoms with Gasteiger partial charge in [-0.05, 0) is 25.1 Å². The number of carbonyl (C=O) groups is 2. The van der Waals surface area contributed by atoms with E-state index in [0.29, 0.717) is 23.4 Å². The van der Waals surface area contributed by atoms with Crippen LogP contribution in [0.1, 0.15) is 28.4 Å². The highest BCUT2D eigenvalue weighted by Crippen LogP contribution is 2.21. The van der Waals surface area contributed by atoms with Crippen LogP contribution in [0.3, 0.4) is 0 Å². The van der Waals surface area contributed by atoms with Crippen molar-refractivity contribution in [3.8, 4) is 5.75 Å². The number of rotatable bonds is 6. The molecule has 0 unspecified atom stereocenters. The second-order valence-electron chi connectivity index (χ2n) is 5.53. The van der Waals surface area contributed by atoms with Crippen LogP contribution >= 0.6 is 0 Å². The number of amides is 1. The number of likely N-dealkylation sites (N-methyl/N-ethyl adjacent to an activating group) is 1. The van der Waals surface area contributed by atoms with E-state index in [4.69, 9.17) is 4.74 Å². The van der Waals surface area contributed by atoms with Gasteiger partial charge in [0, 0.05) is 43.5 Å². The fourth-order valence-corrected chi connectivity index (χ4v) is 2.35. The van der Waals surface area contributed by atoms with Crippen LogP contribution in [0.25, 0.3) is 0 Å². The average Bonchev–Trinajstić information content (AvgIpc) is 2.92. The number of ether oxygens (including phenoxy) is 1. The van der Waals surface area contributed by atoms with Crippen LogP contribution in [0, 0.1) is 0 Å². The van der Waals surface area contributed by atoms with E-state index in [1.165, 1.54) is 6.92 Å². The Morgan fingerprint density at radius 1 is 1.35 bits per heavy atom. The van der Waals surface area contributed by atoms with Crippen LogP contribution in [0.5, 0.6) is 5.75 Å². The monoisotopic (exact) mass is 315 g/mol. The minimum absolute atomic E-state index is 0.0370. The fourth-order valence-electron chi connectivity index (χ4n) is 2.35. The predicted octanol–water partition coefficient (Wildman–Crippen LogP) is 1.83. The van der Waals surface area contributed by atoms with Gasteiger partial charge in [0.15, 0.2) is 5.78 Å². The van der Waals surface area contributed by atoms with E-state index in [9.17, 15) is 9.59 Å². The van der Waals surface area contributed by atoms with Crippen molar-refractivity contribution >= 4 is 11.7 Å². The number of ketones is 1. The highest BCUT2D eigenvalue weighted by atomic mass is 16.5. The standard InChI is InChI=1S/C17H21N3O3/c1-12(21)14-5-6-16(23-4)15(7-14)8-17(22)19(2)10-13-9-18-20(3)11-13/h5-7,9,11H,8,10H2,1-4H3. The van der Waals surface area contributed by atoms with Crippen molar-refractivity contribution in [2.45, 2.75) is 19.9 Å². The number of carbonyl (C=O) groups excluding carboxylic acids is 2. The number of hydrogen-bond acceptors (Lipinski definition) is 4. The molecular formula is C17H21N3O3. The van der Waals surface area contributed by atoms with Crippen LogP contribution in [0.2, 0.25) is 0 Å². The van der Waals surface area contributed by atoms with Gasteiger partial charge in [-0.2, -0.15) is 5.10 Å². The molecule has 0 fully saturated rings. The summed E-state index contributed by atoms with van der Waals surface area (Å²) in [5.41, 5.74) is 2.25. The molecule has 1 aromatic heterocycles. The van der Waals surface area contributed by atoms with Crippen LogP contribution < -0.4 is 4.74 Å². The maximum Gasteiger partial charge on any atom is 0.227 e. The average molecular weight is 315 g/mol. The first kappa shape index (κ1) is 16.7. The summed E-state index contributed by atoms with van der Waals surface area (Å²) in [4.78, 5) is 25.6. The third kappa shape index (κ3) is 4.18. The molecule has 1 amide bonds. The summed E-state index contributed by atoms with van der Waals surface area (Å²) < 4.78 is 6.99. The molecule has 122 valence electrons. The van der Waals surface area contributed by atoms with Gasteiger partial charge >= 0.3 is 0 Å². The van der Waals surface area contributed by atoms with Gasteiger partial charge in [0.25, 0.3) is 0 Å². The summed E-state index contributed by atoms with van der Waals surface area (Å²) in [5.74, 6) is 0.524. The number of aryl methyl sites for hydroxylation is 1. The summed E-state index contributed by atoms with van der Waals surface area (Å²) in [6.07, 6.45) is 3.79. The molecule has 0 aliphatic carbocycles. The lowest BCUT2D eigenvalue weighted by atomic mass is 10.0. The number of nitrogens with zero attached hydrogens (tertiary/aromatic N) is 3. The van der Waals surface area contributed by atoms with Crippen molar-refractivity contribution in [3.63, 3.8) is 0 Å². The lowest BCUT2D eigenvalue weighted by Crippen LogP contribution is -2.27. The quantitative estimate of drug-likeness (QED) is 0.763. The molecule has 0 saturated carbocycles. The van der Waals surface area contributed by atoms with Crippen molar-refractivity contribution in [2.75, 3.05) is 14.2 Å². The van der Waals surface area contributed by atoms with Gasteiger partial charge in [0.1, 0.15) is 5.75 Å². The lowest BCUT2D eigenvalue weighted by molar-refractivity contribution is -0.129. The van der Waals surface area contributed by atoms with Gasteiger partial charge in [0.2, 0.25) is 5.91 Å². The number of Topliss-reactive ketones (excluding diaryl/α,β-unsaturated/α-hetero) is 1. The molecular weight excluding hydrogens is 294 g/mol. The summed E-state index contributed by atoms with van der Waals surface area (Å²) >= 11 is 0. The fraction of sp³-hybridized carbons (Fsp3) is 0.353. The highest BCUT2D eigenvalue weighted by Gasteiger charge is 2.15. The Hall–Kier alpha value is -2.63. The normalized spacial score (nSPS) is 10.4. The van der Waals surface area contributed by atoms with Crippen molar-refractivity contribution in [2.24, 2.45) is 7.05 Å². The Bertz CT molecular complexity index is 722. The maximum atomic E-state index is 12.4. The largest absolute Gasteiger partial charge is 0.496 e. The first-order chi connectivity index (χ1) is 10.9. The molecule has 0 atom stereocenters. The number of aromatic nitrogens is 2. The molecule has 0 radical (unpaired) electrons. The molecule has 1 heterocycles. The minimum atomic E-state index is -0.0483. The van der Waals surface area contributed by atoms with Gasteiger partial charge < -0.3 is 9.64 Å². The molecule has 2 aromatic rings. The Kier molecular flexibility index (Phi) is 5.16. The zero-order valence-electron chi connectivity index (χ0n) is 13.9. The van der Waals surface area contributed by atoms with E-state index in [1.54, 1.807) is 48.1 Å². The Balaban J connectivity index is 2.12. The van der Waals surface area contributed by atoms with Gasteiger partial charge in [-0.15, -0.1) is 0 Å². The van der Waals surface area contributed by atoms with Crippen molar-refractivity contribution in [1.29, 1.82) is 0 Å². The smallest absolute Gasteiger partial charge is 0.227 e. The molecule has 6 heteroatoms. The Morgan fingerprint density at radius 2 is 2.09 bits per heavy atom. The number of hydrogen-bond donors (Lipinski definition) is 0. The highest BCUT2D eigenvalue weighted by molar-refractivity contribution is 5.94. The number of methoxy groups -OCH3 is 1. The number of benzene rings is 1. The molecule has 0 spiro atoms. The molecule has 23 heavy (non-hydrogen) atoms. The van der Waals surface area contributed by atoms with Gasteiger partial charge in [-0.1, -0.05) is 0 Å². The Labute approximate surface area is 135 Å². The summed E-state index contributed by atoms with van der Waals surface area (Å²) in [6, 6.07) is 5.14. The zero-order chi connectivity index (χ0) is 17.0. The first-order valence-electron chi connectivity index (χ1n) is 7.30. The molecule has 2 rings (SSSR count). The van der Waals surface area contributed by atoms with Crippen molar-refractivity contribution < 1.29 is 14.3 Å². The van der Waals surface area contributed by atoms with Crippen molar-refractivity contribution in [3.05, 3.63) is 47.3 Å². The van der Waals surface area contributed by atoms with E-state index >= 15 is 0 Å². The Morgan fingerprint density at radius 3 is 2.65 bits per heavy atom. The molecule has 0 aliphatic heterocycles. The van der Waals surface area contributed by atoms with Crippen LogP contribution in [0.4, 0.5) is 0 Å². The van der Waals surface area contributed by atoms with E-state index in [1.807, 2.05) is 13.2 Å². The molecule has 0 bridgehead atoms. The molecule has 0 aliphatic rings. The van der Waals surface area contributed by atoms with E-state index in [0.717, 1.165) is 5.56 Å². The van der Waals surface area contributed by atoms with E-state index in [-0.39, 0.29) is 18.1 Å². The van der Waals surface area contributed by atoms with Gasteiger partial charge in [0.05, 0.1) is 19.7 Å². The van der Waals surface area contributed by atoms with Crippen LogP contribution in [-0.4, -0.2) is 40.5 Å². The van der Waals surface area contributed by atoms with Crippen LogP contribution in [0.15, 0.2) is 30.6 Å². The first-order valence-corrected chi connectivity index (χ1v) is 7.30. The third-order valence-electron chi connectivity index (χ3n) is 3.63. The SMILES string of the molecule is COc1ccc(C(C)=O)cc1CC(=O)N(C)Cc1cnn(C)c1. The summed E-state index contributed by atoms with van der Waals surface area (Å²) in [7, 11) is 5.14. The second kappa shape index (κ2) is 7.09. The minimum Gasteiger partial charge on any atom is -0.496 e. The molecule has 1 aromatic carbocycles. The van der Waals surface area contributed by atoms with Crippen LogP contribution in [-0.2, 0) is 24.8 Å². The van der Waals surface area contributed by atoms with E-state index < -0.39 is 0 Å². The third-order valence-corrected chi connectivity index (χ3v) is 3.63. The topological polar surface area (TPSA) is 64.4 Å². The summed E-state index contributed by atoms with van der Waals surface area (Å²) in [6.45, 7) is 1.99.